The molecule has 130 valence electrons. The van der Waals surface area contributed by atoms with E-state index in [4.69, 9.17) is 4.42 Å². The molecular formula is C20H15FN2O3. The number of para-hydroxylation sites is 1. The van der Waals surface area contributed by atoms with Crippen LogP contribution in [0.15, 0.2) is 76.4 Å². The zero-order chi connectivity index (χ0) is 18.1. The number of phenols is 1. The minimum absolute atomic E-state index is 0.0882. The Morgan fingerprint density at radius 3 is 2.58 bits per heavy atom. The van der Waals surface area contributed by atoms with Gasteiger partial charge in [0.15, 0.2) is 5.76 Å². The van der Waals surface area contributed by atoms with Gasteiger partial charge in [-0.25, -0.2) is 9.40 Å². The van der Waals surface area contributed by atoms with Gasteiger partial charge in [-0.05, 0) is 35.9 Å². The predicted octanol–water partition coefficient (Wildman–Crippen LogP) is 4.12. The van der Waals surface area contributed by atoms with Crippen LogP contribution in [0.1, 0.15) is 34.1 Å². The van der Waals surface area contributed by atoms with Crippen LogP contribution in [0, 0.1) is 5.82 Å². The molecule has 0 spiro atoms. The minimum atomic E-state index is -0.478. The quantitative estimate of drug-likeness (QED) is 0.773. The Hall–Kier alpha value is -3.41. The SMILES string of the molecule is O=C(c1ccco1)N1N=C(c2ccc(F)cc2)C[C@@H]1c1ccccc1O. The summed E-state index contributed by atoms with van der Waals surface area (Å²) in [5, 5.41) is 16.0. The van der Waals surface area contributed by atoms with Gasteiger partial charge in [-0.15, -0.1) is 0 Å². The molecular weight excluding hydrogens is 335 g/mol. The third kappa shape index (κ3) is 2.86. The number of furan rings is 1. The number of carbonyl (C=O) groups excluding carboxylic acids is 1. The van der Waals surface area contributed by atoms with E-state index in [1.54, 1.807) is 48.5 Å². The average Bonchev–Trinajstić information content (AvgIpc) is 3.32. The Morgan fingerprint density at radius 1 is 1.12 bits per heavy atom. The summed E-state index contributed by atoms with van der Waals surface area (Å²) in [6.45, 7) is 0. The molecule has 0 unspecified atom stereocenters. The van der Waals surface area contributed by atoms with Gasteiger partial charge >= 0.3 is 5.91 Å². The second-order valence-corrected chi connectivity index (χ2v) is 5.96. The van der Waals surface area contributed by atoms with Crippen molar-refractivity contribution < 1.29 is 18.7 Å². The number of hydrazone groups is 1. The lowest BCUT2D eigenvalue weighted by Gasteiger charge is -2.21. The van der Waals surface area contributed by atoms with Crippen molar-refractivity contribution >= 4 is 11.6 Å². The fourth-order valence-corrected chi connectivity index (χ4v) is 3.04. The Bertz CT molecular complexity index is 965. The monoisotopic (exact) mass is 350 g/mol. The number of carbonyl (C=O) groups is 1. The van der Waals surface area contributed by atoms with Crippen LogP contribution in [0.4, 0.5) is 4.39 Å². The van der Waals surface area contributed by atoms with Crippen molar-refractivity contribution in [3.05, 3.63) is 89.6 Å². The molecule has 4 rings (SSSR count). The molecule has 1 aliphatic heterocycles. The van der Waals surface area contributed by atoms with E-state index in [0.29, 0.717) is 17.7 Å². The number of amides is 1. The van der Waals surface area contributed by atoms with Gasteiger partial charge in [-0.3, -0.25) is 4.79 Å². The number of benzene rings is 2. The number of aromatic hydroxyl groups is 1. The second kappa shape index (κ2) is 6.48. The van der Waals surface area contributed by atoms with Crippen LogP contribution < -0.4 is 0 Å². The van der Waals surface area contributed by atoms with Crippen LogP contribution >= 0.6 is 0 Å². The van der Waals surface area contributed by atoms with Gasteiger partial charge in [0.1, 0.15) is 11.6 Å². The largest absolute Gasteiger partial charge is 0.508 e. The molecule has 26 heavy (non-hydrogen) atoms. The van der Waals surface area contributed by atoms with Crippen molar-refractivity contribution in [1.82, 2.24) is 5.01 Å². The molecule has 0 fully saturated rings. The topological polar surface area (TPSA) is 66.0 Å². The molecule has 1 amide bonds. The lowest BCUT2D eigenvalue weighted by atomic mass is 9.97. The molecule has 0 aliphatic carbocycles. The molecule has 0 radical (unpaired) electrons. The zero-order valence-electron chi connectivity index (χ0n) is 13.7. The molecule has 3 aromatic rings. The van der Waals surface area contributed by atoms with Gasteiger partial charge in [-0.2, -0.15) is 5.10 Å². The lowest BCUT2D eigenvalue weighted by molar-refractivity contribution is 0.0677. The highest BCUT2D eigenvalue weighted by atomic mass is 19.1. The molecule has 0 bridgehead atoms. The van der Waals surface area contributed by atoms with E-state index >= 15 is 0 Å². The van der Waals surface area contributed by atoms with Gasteiger partial charge in [0.2, 0.25) is 0 Å². The number of halogens is 1. The summed E-state index contributed by atoms with van der Waals surface area (Å²) in [5.41, 5.74) is 1.95. The smallest absolute Gasteiger partial charge is 0.310 e. The van der Waals surface area contributed by atoms with Gasteiger partial charge in [-0.1, -0.05) is 30.3 Å². The number of rotatable bonds is 3. The third-order valence-electron chi connectivity index (χ3n) is 4.32. The van der Waals surface area contributed by atoms with Crippen molar-refractivity contribution in [2.45, 2.75) is 12.5 Å². The summed E-state index contributed by atoms with van der Waals surface area (Å²) >= 11 is 0. The summed E-state index contributed by atoms with van der Waals surface area (Å²) in [7, 11) is 0. The first-order valence-corrected chi connectivity index (χ1v) is 8.12. The normalized spacial score (nSPS) is 16.6. The maximum atomic E-state index is 13.2. The van der Waals surface area contributed by atoms with Gasteiger partial charge < -0.3 is 9.52 Å². The highest BCUT2D eigenvalue weighted by Crippen LogP contribution is 2.37. The summed E-state index contributed by atoms with van der Waals surface area (Å²) < 4.78 is 18.4. The van der Waals surface area contributed by atoms with Gasteiger partial charge in [0, 0.05) is 12.0 Å². The Morgan fingerprint density at radius 2 is 1.88 bits per heavy atom. The third-order valence-corrected chi connectivity index (χ3v) is 4.32. The second-order valence-electron chi connectivity index (χ2n) is 5.96. The Labute approximate surface area is 149 Å². The first-order valence-electron chi connectivity index (χ1n) is 8.12. The molecule has 1 aromatic heterocycles. The van der Waals surface area contributed by atoms with E-state index in [2.05, 4.69) is 5.10 Å². The molecule has 1 N–H and O–H groups in total. The van der Waals surface area contributed by atoms with Crippen LogP contribution in [0.2, 0.25) is 0 Å². The van der Waals surface area contributed by atoms with Crippen molar-refractivity contribution in [2.24, 2.45) is 5.10 Å². The van der Waals surface area contributed by atoms with E-state index in [1.807, 2.05) is 0 Å². The van der Waals surface area contributed by atoms with Crippen molar-refractivity contribution in [3.63, 3.8) is 0 Å². The highest BCUT2D eigenvalue weighted by Gasteiger charge is 2.35. The first-order chi connectivity index (χ1) is 12.6. The fourth-order valence-electron chi connectivity index (χ4n) is 3.04. The Balaban J connectivity index is 1.75. The maximum Gasteiger partial charge on any atom is 0.310 e. The van der Waals surface area contributed by atoms with E-state index in [9.17, 15) is 14.3 Å². The summed E-state index contributed by atoms with van der Waals surface area (Å²) in [6.07, 6.45) is 1.82. The number of phenolic OH excluding ortho intramolecular Hbond substituents is 1. The summed E-state index contributed by atoms with van der Waals surface area (Å²) in [4.78, 5) is 12.8. The molecule has 0 saturated carbocycles. The van der Waals surface area contributed by atoms with E-state index in [1.165, 1.54) is 23.4 Å². The van der Waals surface area contributed by atoms with E-state index in [-0.39, 0.29) is 17.3 Å². The van der Waals surface area contributed by atoms with Crippen LogP contribution in [0.25, 0.3) is 0 Å². The van der Waals surface area contributed by atoms with Crippen LogP contribution in [-0.2, 0) is 0 Å². The molecule has 1 aliphatic rings. The average molecular weight is 350 g/mol. The highest BCUT2D eigenvalue weighted by molar-refractivity contribution is 6.04. The number of hydrogen-bond acceptors (Lipinski definition) is 4. The number of hydrogen-bond donors (Lipinski definition) is 1. The first kappa shape index (κ1) is 16.1. The number of nitrogens with zero attached hydrogens (tertiary/aromatic N) is 2. The molecule has 1 atom stereocenters. The summed E-state index contributed by atoms with van der Waals surface area (Å²) in [6, 6.07) is 15.5. The fraction of sp³-hybridized carbons (Fsp3) is 0.100. The molecule has 6 heteroatoms. The van der Waals surface area contributed by atoms with Crippen molar-refractivity contribution in [1.29, 1.82) is 0 Å². The van der Waals surface area contributed by atoms with Crippen molar-refractivity contribution in [3.8, 4) is 5.75 Å². The maximum absolute atomic E-state index is 13.2. The minimum Gasteiger partial charge on any atom is -0.508 e. The predicted molar refractivity (Wildman–Crippen MR) is 93.3 cm³/mol. The molecule has 2 heterocycles. The van der Waals surface area contributed by atoms with Crippen molar-refractivity contribution in [2.75, 3.05) is 0 Å². The molecule has 5 nitrogen and oxygen atoms in total. The molecule has 0 saturated heterocycles. The molecule has 2 aromatic carbocycles. The van der Waals surface area contributed by atoms with Gasteiger partial charge in [0.05, 0.1) is 18.0 Å². The lowest BCUT2D eigenvalue weighted by Crippen LogP contribution is -2.26. The van der Waals surface area contributed by atoms with E-state index < -0.39 is 11.9 Å². The standard InChI is InChI=1S/C20H15FN2O3/c21-14-9-7-13(8-10-14)16-12-17(15-4-1-2-5-18(15)24)23(22-16)20(25)19-6-3-11-26-19/h1-11,17,24H,12H2/t17-/m1/s1. The van der Waals surface area contributed by atoms with Crippen LogP contribution in [0.5, 0.6) is 5.75 Å². The van der Waals surface area contributed by atoms with Crippen LogP contribution in [0.3, 0.4) is 0 Å². The van der Waals surface area contributed by atoms with Crippen LogP contribution in [-0.4, -0.2) is 21.7 Å². The summed E-state index contributed by atoms with van der Waals surface area (Å²) in [5.74, 6) is -0.492. The van der Waals surface area contributed by atoms with Gasteiger partial charge in [0.25, 0.3) is 0 Å². The zero-order valence-corrected chi connectivity index (χ0v) is 13.7. The Kier molecular flexibility index (Phi) is 4.01. The van der Waals surface area contributed by atoms with E-state index in [0.717, 1.165) is 5.56 Å².